The molecular weight excluding hydrogens is 524 g/mol. The molecule has 2 fully saturated rings. The molecule has 41 heavy (non-hydrogen) atoms. The molecule has 2 aliphatic rings. The third-order valence-electron chi connectivity index (χ3n) is 7.36. The van der Waals surface area contributed by atoms with Gasteiger partial charge in [-0.05, 0) is 49.1 Å². The Balaban J connectivity index is 1.70. The third-order valence-corrected chi connectivity index (χ3v) is 7.36. The molecule has 1 N–H and O–H groups in total. The van der Waals surface area contributed by atoms with Crippen LogP contribution in [0.4, 0.5) is 0 Å². The Morgan fingerprint density at radius 1 is 0.951 bits per heavy atom. The van der Waals surface area contributed by atoms with Crippen molar-refractivity contribution in [3.63, 3.8) is 0 Å². The zero-order chi connectivity index (χ0) is 29.2. The second-order valence-corrected chi connectivity index (χ2v) is 10.3. The number of amides is 1. The van der Waals surface area contributed by atoms with Gasteiger partial charge in [0.1, 0.15) is 11.5 Å². The molecule has 0 saturated carbocycles. The Kier molecular flexibility index (Phi) is 11.0. The first-order chi connectivity index (χ1) is 20.0. The van der Waals surface area contributed by atoms with E-state index in [0.717, 1.165) is 38.9 Å². The van der Waals surface area contributed by atoms with E-state index < -0.39 is 17.7 Å². The van der Waals surface area contributed by atoms with Gasteiger partial charge in [0, 0.05) is 31.7 Å². The quantitative estimate of drug-likeness (QED) is 0.151. The van der Waals surface area contributed by atoms with Crippen LogP contribution in [-0.2, 0) is 14.3 Å². The third kappa shape index (κ3) is 7.40. The standard InChI is InChI=1S/C32H42N2O7/c1-4-6-18-41-26-12-11-23(22-27(26)38-3)29-28(30(35)24-9-7-10-25(21-24)40-17-5-2)31(36)32(37)34(29)14-8-13-33-15-19-39-20-16-33/h7,9-12,21-22,29,35H,4-6,8,13-20H2,1-3H3. The van der Waals surface area contributed by atoms with Gasteiger partial charge in [-0.15, -0.1) is 0 Å². The van der Waals surface area contributed by atoms with Crippen molar-refractivity contribution in [3.8, 4) is 17.2 Å². The first-order valence-electron chi connectivity index (χ1n) is 14.6. The van der Waals surface area contributed by atoms with E-state index in [2.05, 4.69) is 11.8 Å². The number of hydrogen-bond donors (Lipinski definition) is 1. The van der Waals surface area contributed by atoms with Gasteiger partial charge in [0.2, 0.25) is 0 Å². The van der Waals surface area contributed by atoms with Crippen molar-refractivity contribution >= 4 is 17.4 Å². The molecule has 2 saturated heterocycles. The fraction of sp³-hybridized carbons (Fsp3) is 0.500. The van der Waals surface area contributed by atoms with Crippen molar-refractivity contribution in [2.24, 2.45) is 0 Å². The maximum absolute atomic E-state index is 13.5. The van der Waals surface area contributed by atoms with Crippen LogP contribution in [0, 0.1) is 0 Å². The number of methoxy groups -OCH3 is 1. The number of Topliss-reactive ketones (excluding diaryl/α,β-unsaturated/α-hetero) is 1. The number of aliphatic hydroxyl groups excluding tert-OH is 1. The first kappa shape index (κ1) is 30.4. The Morgan fingerprint density at radius 3 is 2.49 bits per heavy atom. The van der Waals surface area contributed by atoms with Gasteiger partial charge in [0.05, 0.1) is 45.2 Å². The normalized spacial score (nSPS) is 19.0. The van der Waals surface area contributed by atoms with Crippen LogP contribution in [0.3, 0.4) is 0 Å². The summed E-state index contributed by atoms with van der Waals surface area (Å²) in [6.45, 7) is 9.41. The van der Waals surface area contributed by atoms with Gasteiger partial charge in [-0.3, -0.25) is 14.5 Å². The molecule has 4 rings (SSSR count). The molecule has 2 aliphatic heterocycles. The zero-order valence-electron chi connectivity index (χ0n) is 24.4. The van der Waals surface area contributed by atoms with Crippen molar-refractivity contribution in [1.82, 2.24) is 9.80 Å². The van der Waals surface area contributed by atoms with Crippen LogP contribution in [0.15, 0.2) is 48.0 Å². The molecular formula is C32H42N2O7. The summed E-state index contributed by atoms with van der Waals surface area (Å²) in [6, 6.07) is 11.6. The van der Waals surface area contributed by atoms with Crippen LogP contribution < -0.4 is 14.2 Å². The Bertz CT molecular complexity index is 1220. The predicted octanol–water partition coefficient (Wildman–Crippen LogP) is 4.81. The number of hydrogen-bond acceptors (Lipinski definition) is 8. The van der Waals surface area contributed by atoms with Gasteiger partial charge >= 0.3 is 0 Å². The van der Waals surface area contributed by atoms with Crippen LogP contribution in [-0.4, -0.2) is 86.3 Å². The highest BCUT2D eigenvalue weighted by Crippen LogP contribution is 2.42. The van der Waals surface area contributed by atoms with E-state index in [0.29, 0.717) is 67.8 Å². The number of morpholine rings is 1. The SMILES string of the molecule is CCCCOc1ccc(C2C(=C(O)c3cccc(OCCC)c3)C(=O)C(=O)N2CCCN2CCOCC2)cc1OC. The van der Waals surface area contributed by atoms with E-state index in [-0.39, 0.29) is 11.3 Å². The van der Waals surface area contributed by atoms with Gasteiger partial charge in [-0.2, -0.15) is 0 Å². The minimum absolute atomic E-state index is 0.0516. The highest BCUT2D eigenvalue weighted by Gasteiger charge is 2.46. The predicted molar refractivity (Wildman–Crippen MR) is 157 cm³/mol. The summed E-state index contributed by atoms with van der Waals surface area (Å²) in [5, 5.41) is 11.5. The molecule has 0 bridgehead atoms. The van der Waals surface area contributed by atoms with Gasteiger partial charge in [-0.25, -0.2) is 0 Å². The van der Waals surface area contributed by atoms with E-state index in [1.54, 1.807) is 48.4 Å². The van der Waals surface area contributed by atoms with Crippen molar-refractivity contribution < 1.29 is 33.6 Å². The van der Waals surface area contributed by atoms with E-state index in [9.17, 15) is 14.7 Å². The van der Waals surface area contributed by atoms with E-state index in [4.69, 9.17) is 18.9 Å². The summed E-state index contributed by atoms with van der Waals surface area (Å²) in [5.41, 5.74) is 1.13. The maximum Gasteiger partial charge on any atom is 0.295 e. The molecule has 222 valence electrons. The molecule has 9 heteroatoms. The highest BCUT2D eigenvalue weighted by atomic mass is 16.5. The number of carbonyl (C=O) groups is 2. The molecule has 0 spiro atoms. The van der Waals surface area contributed by atoms with Crippen LogP contribution in [0.25, 0.3) is 5.76 Å². The molecule has 1 atom stereocenters. The van der Waals surface area contributed by atoms with Crippen LogP contribution in [0.5, 0.6) is 17.2 Å². The lowest BCUT2D eigenvalue weighted by atomic mass is 9.95. The average molecular weight is 567 g/mol. The average Bonchev–Trinajstić information content (AvgIpc) is 3.25. The van der Waals surface area contributed by atoms with Gasteiger partial charge in [0.15, 0.2) is 11.5 Å². The lowest BCUT2D eigenvalue weighted by Gasteiger charge is -2.29. The molecule has 0 radical (unpaired) electrons. The van der Waals surface area contributed by atoms with Crippen LogP contribution in [0.2, 0.25) is 0 Å². The van der Waals surface area contributed by atoms with Crippen molar-refractivity contribution in [2.45, 2.75) is 45.6 Å². The summed E-state index contributed by atoms with van der Waals surface area (Å²) in [5.74, 6) is 0.123. The molecule has 2 heterocycles. The maximum atomic E-state index is 13.5. The van der Waals surface area contributed by atoms with Crippen molar-refractivity contribution in [1.29, 1.82) is 0 Å². The molecule has 1 unspecified atom stereocenters. The summed E-state index contributed by atoms with van der Waals surface area (Å²) in [7, 11) is 1.56. The molecule has 9 nitrogen and oxygen atoms in total. The molecule has 2 aromatic carbocycles. The first-order valence-corrected chi connectivity index (χ1v) is 14.6. The van der Waals surface area contributed by atoms with E-state index >= 15 is 0 Å². The second kappa shape index (κ2) is 14.9. The molecule has 0 aliphatic carbocycles. The minimum Gasteiger partial charge on any atom is -0.507 e. The Morgan fingerprint density at radius 2 is 1.76 bits per heavy atom. The number of rotatable bonds is 14. The van der Waals surface area contributed by atoms with Gasteiger partial charge in [-0.1, -0.05) is 38.5 Å². The number of unbranched alkanes of at least 4 members (excludes halogenated alkanes) is 1. The molecule has 2 aromatic rings. The lowest BCUT2D eigenvalue weighted by molar-refractivity contribution is -0.140. The van der Waals surface area contributed by atoms with Crippen LogP contribution >= 0.6 is 0 Å². The number of ketones is 1. The number of likely N-dealkylation sites (tertiary alicyclic amines) is 1. The summed E-state index contributed by atoms with van der Waals surface area (Å²) < 4.78 is 22.7. The summed E-state index contributed by atoms with van der Waals surface area (Å²) in [6.07, 6.45) is 3.44. The fourth-order valence-electron chi connectivity index (χ4n) is 5.16. The largest absolute Gasteiger partial charge is 0.507 e. The minimum atomic E-state index is -0.779. The number of aliphatic hydroxyl groups is 1. The lowest BCUT2D eigenvalue weighted by Crippen LogP contribution is -2.39. The summed E-state index contributed by atoms with van der Waals surface area (Å²) in [4.78, 5) is 30.8. The number of carbonyl (C=O) groups excluding carboxylic acids is 2. The topological polar surface area (TPSA) is 97.8 Å². The van der Waals surface area contributed by atoms with Gasteiger partial charge < -0.3 is 29.0 Å². The second-order valence-electron chi connectivity index (χ2n) is 10.3. The number of ether oxygens (including phenoxy) is 4. The highest BCUT2D eigenvalue weighted by molar-refractivity contribution is 6.46. The molecule has 0 aromatic heterocycles. The smallest absolute Gasteiger partial charge is 0.295 e. The van der Waals surface area contributed by atoms with Crippen molar-refractivity contribution in [2.75, 3.05) is 59.7 Å². The Hall–Kier alpha value is -3.56. The molecule has 1 amide bonds. The van der Waals surface area contributed by atoms with E-state index in [1.807, 2.05) is 13.0 Å². The summed E-state index contributed by atoms with van der Waals surface area (Å²) >= 11 is 0. The fourth-order valence-corrected chi connectivity index (χ4v) is 5.16. The number of benzene rings is 2. The van der Waals surface area contributed by atoms with Crippen LogP contribution in [0.1, 0.15) is 56.7 Å². The van der Waals surface area contributed by atoms with Gasteiger partial charge in [0.25, 0.3) is 11.7 Å². The Labute approximate surface area is 242 Å². The number of nitrogens with zero attached hydrogens (tertiary/aromatic N) is 2. The monoisotopic (exact) mass is 566 g/mol. The van der Waals surface area contributed by atoms with E-state index in [1.165, 1.54) is 0 Å². The van der Waals surface area contributed by atoms with Crippen molar-refractivity contribution in [3.05, 3.63) is 59.2 Å². The zero-order valence-corrected chi connectivity index (χ0v) is 24.4.